The van der Waals surface area contributed by atoms with Crippen molar-refractivity contribution >= 4 is 53.9 Å². The summed E-state index contributed by atoms with van der Waals surface area (Å²) in [6.45, 7) is 8.70. The molecule has 182 valence electrons. The monoisotopic (exact) mass is 490 g/mol. The van der Waals surface area contributed by atoms with Crippen LogP contribution in [0.2, 0.25) is 0 Å². The average Bonchev–Trinajstić information content (AvgIpc) is 3.19. The van der Waals surface area contributed by atoms with Crippen LogP contribution in [-0.2, 0) is 19.8 Å². The van der Waals surface area contributed by atoms with Crippen molar-refractivity contribution in [3.63, 3.8) is 0 Å². The van der Waals surface area contributed by atoms with Gasteiger partial charge >= 0.3 is 0 Å². The lowest BCUT2D eigenvalue weighted by molar-refractivity contribution is -0.644. The Morgan fingerprint density at radius 2 is 1.57 bits per heavy atom. The molecular formula is C33H40NS+. The van der Waals surface area contributed by atoms with Crippen molar-refractivity contribution < 1.29 is 15.5 Å². The van der Waals surface area contributed by atoms with Gasteiger partial charge in [0.25, 0.3) is 0 Å². The van der Waals surface area contributed by atoms with Gasteiger partial charge in [-0.05, 0) is 77.1 Å². The van der Waals surface area contributed by atoms with E-state index in [-0.39, 0.29) is 16.5 Å². The van der Waals surface area contributed by atoms with Crippen LogP contribution in [0.25, 0.3) is 42.5 Å². The Kier molecular flexibility index (Phi) is 3.75. The fourth-order valence-corrected chi connectivity index (χ4v) is 6.85. The Labute approximate surface area is 226 Å². The Balaban J connectivity index is 2.24. The number of nitrogens with zero attached hydrogens (tertiary/aromatic N) is 1. The van der Waals surface area contributed by atoms with E-state index in [2.05, 4.69) is 20.8 Å². The minimum absolute atomic E-state index is 0.0313. The zero-order valence-electron chi connectivity index (χ0n) is 30.0. The molecule has 0 bridgehead atoms. The summed E-state index contributed by atoms with van der Waals surface area (Å²) >= 11 is 1.45. The Hall–Kier alpha value is -2.45. The van der Waals surface area contributed by atoms with E-state index in [4.69, 9.17) is 8.22 Å². The molecule has 3 aromatic carbocycles. The molecule has 2 heteroatoms. The summed E-state index contributed by atoms with van der Waals surface area (Å²) in [5.74, 6) is 0. The van der Waals surface area contributed by atoms with Gasteiger partial charge in [0, 0.05) is 31.5 Å². The molecule has 2 aromatic heterocycles. The number of aryl methyl sites for hydroxylation is 4. The van der Waals surface area contributed by atoms with Crippen LogP contribution in [0.4, 0.5) is 0 Å². The predicted octanol–water partition coefficient (Wildman–Crippen LogP) is 9.29. The molecule has 0 saturated heterocycles. The average molecular weight is 491 g/mol. The van der Waals surface area contributed by atoms with Crippen molar-refractivity contribution in [1.29, 1.82) is 0 Å². The van der Waals surface area contributed by atoms with Crippen molar-refractivity contribution in [2.24, 2.45) is 17.9 Å². The quantitative estimate of drug-likeness (QED) is 0.171. The number of benzene rings is 3. The summed E-state index contributed by atoms with van der Waals surface area (Å²) in [6.07, 6.45) is 0.0859. The van der Waals surface area contributed by atoms with Crippen molar-refractivity contribution in [2.45, 2.75) is 75.0 Å². The van der Waals surface area contributed by atoms with E-state index in [1.54, 1.807) is 27.0 Å². The molecule has 0 N–H and O–H groups in total. The van der Waals surface area contributed by atoms with E-state index in [9.17, 15) is 2.74 Å². The van der Waals surface area contributed by atoms with E-state index in [0.717, 1.165) is 36.8 Å². The molecule has 0 aliphatic rings. The minimum atomic E-state index is -2.59. The van der Waals surface area contributed by atoms with E-state index in [1.807, 2.05) is 48.9 Å². The molecule has 0 aliphatic carbocycles. The fraction of sp³-hybridized carbons (Fsp3) is 0.424. The first-order valence-electron chi connectivity index (χ1n) is 16.2. The third-order valence-electron chi connectivity index (χ3n) is 6.60. The molecule has 5 rings (SSSR count). The van der Waals surface area contributed by atoms with E-state index >= 15 is 0 Å². The van der Waals surface area contributed by atoms with Crippen molar-refractivity contribution in [3.05, 3.63) is 63.7 Å². The lowest BCUT2D eigenvalue weighted by Gasteiger charge is -2.22. The summed E-state index contributed by atoms with van der Waals surface area (Å²) in [6, 6.07) is 9.88. The SMILES string of the molecule is [2H]C([2H])([2H])c1c[n+](C)c2c3c(C)cccc3c3ccc4c(C([2H])([2H])[2H])c(CC(C)(C)C)sc4c3c2c1C([2H])([2H])C(C)(C)C. The number of rotatable bonds is 2. The molecule has 0 spiro atoms. The van der Waals surface area contributed by atoms with Gasteiger partial charge < -0.3 is 0 Å². The maximum atomic E-state index is 9.52. The molecule has 2 heterocycles. The second-order valence-corrected chi connectivity index (χ2v) is 13.2. The zero-order valence-corrected chi connectivity index (χ0v) is 22.8. The molecule has 0 aliphatic heterocycles. The highest BCUT2D eigenvalue weighted by atomic mass is 32.1. The Morgan fingerprint density at radius 1 is 0.857 bits per heavy atom. The number of hydrogen-bond acceptors (Lipinski definition) is 1. The molecule has 0 fully saturated rings. The van der Waals surface area contributed by atoms with Crippen molar-refractivity contribution in [1.82, 2.24) is 0 Å². The third-order valence-corrected chi connectivity index (χ3v) is 7.83. The maximum Gasteiger partial charge on any atom is 0.221 e. The van der Waals surface area contributed by atoms with Gasteiger partial charge in [-0.15, -0.1) is 11.3 Å². The molecular weight excluding hydrogens is 442 g/mol. The third kappa shape index (κ3) is 4.04. The van der Waals surface area contributed by atoms with Crippen LogP contribution in [0, 0.1) is 31.5 Å². The first kappa shape index (κ1) is 16.3. The molecule has 1 nitrogen and oxygen atoms in total. The zero-order chi connectivity index (χ0) is 32.2. The topological polar surface area (TPSA) is 3.88 Å². The highest BCUT2D eigenvalue weighted by Crippen LogP contribution is 2.46. The maximum absolute atomic E-state index is 9.52. The van der Waals surface area contributed by atoms with E-state index in [1.165, 1.54) is 11.3 Å². The smallest absolute Gasteiger partial charge is 0.200 e. The van der Waals surface area contributed by atoms with Crippen LogP contribution in [0.3, 0.4) is 0 Å². The van der Waals surface area contributed by atoms with Crippen molar-refractivity contribution in [2.75, 3.05) is 0 Å². The van der Waals surface area contributed by atoms with Gasteiger partial charge in [0.15, 0.2) is 6.20 Å². The van der Waals surface area contributed by atoms with Gasteiger partial charge in [0.05, 0.1) is 10.8 Å². The molecule has 5 aromatic rings. The Bertz CT molecular complexity index is 1930. The summed E-state index contributed by atoms with van der Waals surface area (Å²) in [5, 5.41) is 4.62. The molecule has 0 unspecified atom stereocenters. The van der Waals surface area contributed by atoms with Gasteiger partial charge in [-0.1, -0.05) is 71.9 Å². The van der Waals surface area contributed by atoms with E-state index in [0.29, 0.717) is 28.1 Å². The van der Waals surface area contributed by atoms with Gasteiger partial charge in [-0.2, -0.15) is 0 Å². The first-order valence-corrected chi connectivity index (χ1v) is 13.1. The van der Waals surface area contributed by atoms with Crippen LogP contribution >= 0.6 is 11.3 Å². The van der Waals surface area contributed by atoms with Crippen LogP contribution in [0.5, 0.6) is 0 Å². The Morgan fingerprint density at radius 3 is 2.23 bits per heavy atom. The molecule has 35 heavy (non-hydrogen) atoms. The number of pyridine rings is 1. The summed E-state index contributed by atoms with van der Waals surface area (Å²) in [7, 11) is 1.82. The highest BCUT2D eigenvalue weighted by Gasteiger charge is 2.27. The molecule has 0 radical (unpaired) electrons. The van der Waals surface area contributed by atoms with Gasteiger partial charge in [0.1, 0.15) is 7.05 Å². The van der Waals surface area contributed by atoms with Crippen molar-refractivity contribution in [3.8, 4) is 0 Å². The van der Waals surface area contributed by atoms with Crippen LogP contribution in [-0.4, -0.2) is 0 Å². The summed E-state index contributed by atoms with van der Waals surface area (Å²) in [4.78, 5) is 0.782. The number of hydrogen-bond donors (Lipinski definition) is 0. The second kappa shape index (κ2) is 8.03. The highest BCUT2D eigenvalue weighted by molar-refractivity contribution is 7.20. The van der Waals surface area contributed by atoms with E-state index < -0.39 is 25.5 Å². The number of thiophene rings is 1. The van der Waals surface area contributed by atoms with Crippen LogP contribution in [0.15, 0.2) is 36.5 Å². The molecule has 0 saturated carbocycles. The van der Waals surface area contributed by atoms with Crippen LogP contribution in [0.1, 0.15) is 79.6 Å². The van der Waals surface area contributed by atoms with Gasteiger partial charge in [0.2, 0.25) is 5.52 Å². The number of fused-ring (bicyclic) bond motifs is 8. The lowest BCUT2D eigenvalue weighted by atomic mass is 9.82. The normalized spacial score (nSPS) is 17.6. The van der Waals surface area contributed by atoms with Gasteiger partial charge in [-0.3, -0.25) is 0 Å². The second-order valence-electron chi connectivity index (χ2n) is 12.1. The fourth-order valence-electron chi connectivity index (χ4n) is 5.30. The van der Waals surface area contributed by atoms with Crippen LogP contribution < -0.4 is 4.57 Å². The lowest BCUT2D eigenvalue weighted by Crippen LogP contribution is -2.31. The largest absolute Gasteiger partial charge is 0.221 e. The first-order chi connectivity index (χ1) is 19.5. The minimum Gasteiger partial charge on any atom is -0.200 e. The molecule has 0 amide bonds. The molecule has 0 atom stereocenters. The predicted molar refractivity (Wildman–Crippen MR) is 156 cm³/mol. The van der Waals surface area contributed by atoms with Gasteiger partial charge in [-0.25, -0.2) is 4.57 Å². The number of aromatic nitrogens is 1. The summed E-state index contributed by atoms with van der Waals surface area (Å²) < 4.78 is 72.8. The summed E-state index contributed by atoms with van der Waals surface area (Å²) in [5.41, 5.74) is 1.07. The standard InChI is InChI=1S/C33H40NS/c1-19-12-11-13-23-24-15-14-22-21(3)26(17-33(7,8)9)35-31(22)29(24)28-25(16-32(4,5)6)20(2)18-34(10)30(28)27(19)23/h11-15,18H,16-17H2,1-10H3/q+1/i2D3,3D3,16D2.